The van der Waals surface area contributed by atoms with Gasteiger partial charge in [0.1, 0.15) is 11.9 Å². The Morgan fingerprint density at radius 2 is 1.75 bits per heavy atom. The minimum absolute atomic E-state index is 0.0153. The Morgan fingerprint density at radius 3 is 2.19 bits per heavy atom. The Hall–Kier alpha value is -1.72. The van der Waals surface area contributed by atoms with Gasteiger partial charge in [-0.1, -0.05) is 0 Å². The van der Waals surface area contributed by atoms with Gasteiger partial charge in [-0.15, -0.1) is 0 Å². The van der Waals surface area contributed by atoms with Crippen molar-refractivity contribution < 1.29 is 19.2 Å². The van der Waals surface area contributed by atoms with E-state index in [0.29, 0.717) is 0 Å². The summed E-state index contributed by atoms with van der Waals surface area (Å²) in [4.78, 5) is 47.5. The lowest BCUT2D eigenvalue weighted by atomic mass is 10.1. The van der Waals surface area contributed by atoms with E-state index in [0.717, 1.165) is 4.90 Å². The van der Waals surface area contributed by atoms with Crippen molar-refractivity contribution in [1.29, 1.82) is 0 Å². The van der Waals surface area contributed by atoms with Gasteiger partial charge >= 0.3 is 0 Å². The number of likely N-dealkylation sites (tertiary alicyclic amines) is 1. The van der Waals surface area contributed by atoms with Crippen LogP contribution in [-0.2, 0) is 19.2 Å². The molecule has 1 atom stereocenters. The highest BCUT2D eigenvalue weighted by molar-refractivity contribution is 6.02. The van der Waals surface area contributed by atoms with E-state index in [1.54, 1.807) is 0 Å². The second kappa shape index (κ2) is 4.42. The molecule has 88 valence electrons. The summed E-state index contributed by atoms with van der Waals surface area (Å²) in [5.41, 5.74) is 0. The molecule has 1 aliphatic rings. The number of Topliss-reactive ketones (excluding diaryl/α,β-unsaturated/α-hetero) is 1. The van der Waals surface area contributed by atoms with Crippen LogP contribution in [0.4, 0.5) is 0 Å². The van der Waals surface area contributed by atoms with Crippen LogP contribution < -0.4 is 0 Å². The third kappa shape index (κ3) is 2.26. The molecule has 0 radical (unpaired) electrons. The van der Waals surface area contributed by atoms with Crippen molar-refractivity contribution in [2.45, 2.75) is 32.9 Å². The average Bonchev–Trinajstić information content (AvgIpc) is 2.12. The first-order chi connectivity index (χ1) is 7.34. The zero-order chi connectivity index (χ0) is 12.5. The molecule has 0 aromatic heterocycles. The van der Waals surface area contributed by atoms with E-state index in [-0.39, 0.29) is 24.5 Å². The second-order valence-corrected chi connectivity index (χ2v) is 3.81. The van der Waals surface area contributed by atoms with Crippen LogP contribution >= 0.6 is 0 Å². The van der Waals surface area contributed by atoms with E-state index in [1.807, 2.05) is 0 Å². The lowest BCUT2D eigenvalue weighted by Gasteiger charge is -2.37. The molecule has 1 saturated heterocycles. The van der Waals surface area contributed by atoms with Crippen molar-refractivity contribution in [2.24, 2.45) is 0 Å². The molecule has 1 rings (SSSR count). The Labute approximate surface area is 93.2 Å². The number of hydrogen-bond acceptors (Lipinski definition) is 4. The molecule has 0 aromatic rings. The molecule has 0 N–H and O–H groups in total. The number of rotatable bonds is 1. The average molecular weight is 226 g/mol. The van der Waals surface area contributed by atoms with Gasteiger partial charge < -0.3 is 4.90 Å². The van der Waals surface area contributed by atoms with Crippen molar-refractivity contribution in [3.8, 4) is 0 Å². The van der Waals surface area contributed by atoms with E-state index in [2.05, 4.69) is 0 Å². The minimum Gasteiger partial charge on any atom is -0.324 e. The summed E-state index contributed by atoms with van der Waals surface area (Å²) in [5, 5.41) is 0. The van der Waals surface area contributed by atoms with Gasteiger partial charge in [-0.2, -0.15) is 0 Å². The van der Waals surface area contributed by atoms with Crippen LogP contribution in [0.1, 0.15) is 26.7 Å². The summed E-state index contributed by atoms with van der Waals surface area (Å²) in [7, 11) is 1.48. The highest BCUT2D eigenvalue weighted by atomic mass is 16.2. The lowest BCUT2D eigenvalue weighted by molar-refractivity contribution is -0.157. The first-order valence-corrected chi connectivity index (χ1v) is 4.92. The fraction of sp³-hybridized carbons (Fsp3) is 0.600. The molecule has 1 aliphatic heterocycles. The summed E-state index contributed by atoms with van der Waals surface area (Å²) < 4.78 is 0. The lowest BCUT2D eigenvalue weighted by Crippen LogP contribution is -2.56. The molecule has 1 heterocycles. The summed E-state index contributed by atoms with van der Waals surface area (Å²) in [6, 6.07) is 0. The topological polar surface area (TPSA) is 74.8 Å². The number of nitrogens with zero attached hydrogens (tertiary/aromatic N) is 2. The van der Waals surface area contributed by atoms with Gasteiger partial charge in [0.15, 0.2) is 0 Å². The van der Waals surface area contributed by atoms with Gasteiger partial charge in [0.05, 0.1) is 6.42 Å². The monoisotopic (exact) mass is 226 g/mol. The zero-order valence-corrected chi connectivity index (χ0v) is 9.52. The van der Waals surface area contributed by atoms with Crippen LogP contribution in [0.2, 0.25) is 0 Å². The van der Waals surface area contributed by atoms with E-state index >= 15 is 0 Å². The van der Waals surface area contributed by atoms with Crippen molar-refractivity contribution >= 4 is 23.5 Å². The van der Waals surface area contributed by atoms with Crippen LogP contribution in [-0.4, -0.2) is 46.5 Å². The van der Waals surface area contributed by atoms with E-state index in [4.69, 9.17) is 0 Å². The maximum absolute atomic E-state index is 11.4. The van der Waals surface area contributed by atoms with Crippen molar-refractivity contribution in [3.05, 3.63) is 0 Å². The second-order valence-electron chi connectivity index (χ2n) is 3.81. The van der Waals surface area contributed by atoms with Gasteiger partial charge in [0.25, 0.3) is 0 Å². The van der Waals surface area contributed by atoms with E-state index in [9.17, 15) is 19.2 Å². The number of imide groups is 1. The van der Waals surface area contributed by atoms with Crippen LogP contribution in [0, 0.1) is 0 Å². The van der Waals surface area contributed by atoms with Gasteiger partial charge in [-0.05, 0) is 0 Å². The Balaban J connectivity index is 2.99. The van der Waals surface area contributed by atoms with Crippen molar-refractivity contribution in [1.82, 2.24) is 9.80 Å². The smallest absolute Gasteiger partial charge is 0.231 e. The molecule has 16 heavy (non-hydrogen) atoms. The molecular weight excluding hydrogens is 212 g/mol. The van der Waals surface area contributed by atoms with Crippen LogP contribution in [0.15, 0.2) is 0 Å². The SMILES string of the molecule is CC(=O)N(C(C)=O)C1CC(=O)CC(=O)N1C. The molecule has 1 unspecified atom stereocenters. The molecule has 0 spiro atoms. The maximum atomic E-state index is 11.4. The Morgan fingerprint density at radius 1 is 1.25 bits per heavy atom. The predicted octanol–water partition coefficient (Wildman–Crippen LogP) is -0.471. The standard InChI is InChI=1S/C10H14N2O4/c1-6(13)12(7(2)14)9-4-8(15)5-10(16)11(9)3/h9H,4-5H2,1-3H3. The highest BCUT2D eigenvalue weighted by Gasteiger charge is 2.36. The molecule has 6 nitrogen and oxygen atoms in total. The fourth-order valence-electron chi connectivity index (χ4n) is 1.78. The number of ketones is 1. The molecule has 0 aliphatic carbocycles. The first kappa shape index (κ1) is 12.4. The van der Waals surface area contributed by atoms with E-state index < -0.39 is 18.0 Å². The molecule has 0 bridgehead atoms. The number of piperidine rings is 1. The predicted molar refractivity (Wildman–Crippen MR) is 54.0 cm³/mol. The molecule has 0 aromatic carbocycles. The van der Waals surface area contributed by atoms with Crippen LogP contribution in [0.3, 0.4) is 0 Å². The number of amides is 3. The summed E-state index contributed by atoms with van der Waals surface area (Å²) in [5.74, 6) is -1.55. The van der Waals surface area contributed by atoms with Gasteiger partial charge in [0.2, 0.25) is 17.7 Å². The molecule has 1 fully saturated rings. The third-order valence-electron chi connectivity index (χ3n) is 2.58. The quantitative estimate of drug-likeness (QED) is 0.566. The number of carbonyl (C=O) groups excluding carboxylic acids is 4. The minimum atomic E-state index is -0.774. The first-order valence-electron chi connectivity index (χ1n) is 4.92. The molecule has 6 heteroatoms. The van der Waals surface area contributed by atoms with Crippen molar-refractivity contribution in [2.75, 3.05) is 7.05 Å². The summed E-state index contributed by atoms with van der Waals surface area (Å²) in [6.07, 6.45) is -0.915. The largest absolute Gasteiger partial charge is 0.324 e. The van der Waals surface area contributed by atoms with Crippen LogP contribution in [0.25, 0.3) is 0 Å². The zero-order valence-electron chi connectivity index (χ0n) is 9.52. The summed E-state index contributed by atoms with van der Waals surface area (Å²) in [6.45, 7) is 2.47. The maximum Gasteiger partial charge on any atom is 0.231 e. The normalized spacial score (nSPS) is 20.9. The third-order valence-corrected chi connectivity index (χ3v) is 2.58. The van der Waals surface area contributed by atoms with Crippen LogP contribution in [0.5, 0.6) is 0 Å². The van der Waals surface area contributed by atoms with E-state index in [1.165, 1.54) is 25.8 Å². The summed E-state index contributed by atoms with van der Waals surface area (Å²) >= 11 is 0. The molecule has 0 saturated carbocycles. The Bertz CT molecular complexity index is 350. The molecular formula is C10H14N2O4. The van der Waals surface area contributed by atoms with Gasteiger partial charge in [0, 0.05) is 27.3 Å². The number of carbonyl (C=O) groups is 4. The van der Waals surface area contributed by atoms with Crippen molar-refractivity contribution in [3.63, 3.8) is 0 Å². The number of hydrogen-bond donors (Lipinski definition) is 0. The fourth-order valence-corrected chi connectivity index (χ4v) is 1.78. The Kier molecular flexibility index (Phi) is 3.41. The van der Waals surface area contributed by atoms with Gasteiger partial charge in [-0.25, -0.2) is 0 Å². The molecule has 3 amide bonds. The highest BCUT2D eigenvalue weighted by Crippen LogP contribution is 2.17. The van der Waals surface area contributed by atoms with Gasteiger partial charge in [-0.3, -0.25) is 24.1 Å².